The van der Waals surface area contributed by atoms with Crippen LogP contribution in [0.5, 0.6) is 0 Å². The lowest BCUT2D eigenvalue weighted by molar-refractivity contribution is 0.0637. The fourth-order valence-electron chi connectivity index (χ4n) is 3.54. The standard InChI is InChI=1S/C17H22N4O3S2/c1-2-5-19-6-8-20(9-7-19)16(22)13-3-4-14-15(12-13)25-17-18-26(23,24)11-10-21(14)17/h3-4,12H,2,5-11H2,1H3. The van der Waals surface area contributed by atoms with Crippen LogP contribution in [0.2, 0.25) is 0 Å². The molecule has 1 aromatic carbocycles. The first-order chi connectivity index (χ1) is 12.5. The first-order valence-electron chi connectivity index (χ1n) is 8.90. The van der Waals surface area contributed by atoms with Crippen molar-refractivity contribution in [3.05, 3.63) is 23.8 Å². The third-order valence-electron chi connectivity index (χ3n) is 4.92. The minimum Gasteiger partial charge on any atom is -0.336 e. The number of rotatable bonds is 3. The zero-order chi connectivity index (χ0) is 18.3. The van der Waals surface area contributed by atoms with Crippen LogP contribution in [-0.2, 0) is 10.0 Å². The van der Waals surface area contributed by atoms with Gasteiger partial charge in [0.2, 0.25) is 0 Å². The number of nitrogens with zero attached hydrogens (tertiary/aromatic N) is 4. The number of carbonyl (C=O) groups excluding carboxylic acids is 1. The maximum Gasteiger partial charge on any atom is 0.257 e. The lowest BCUT2D eigenvalue weighted by Crippen LogP contribution is -2.48. The van der Waals surface area contributed by atoms with Crippen molar-refractivity contribution in [1.82, 2.24) is 9.80 Å². The molecule has 0 atom stereocenters. The molecule has 0 N–H and O–H groups in total. The summed E-state index contributed by atoms with van der Waals surface area (Å²) >= 11 is 1.33. The Morgan fingerprint density at radius 1 is 1.19 bits per heavy atom. The summed E-state index contributed by atoms with van der Waals surface area (Å²) in [4.78, 5) is 19.9. The first kappa shape index (κ1) is 17.8. The van der Waals surface area contributed by atoms with Crippen molar-refractivity contribution in [1.29, 1.82) is 0 Å². The summed E-state index contributed by atoms with van der Waals surface area (Å²) in [7, 11) is -3.36. The maximum atomic E-state index is 12.8. The summed E-state index contributed by atoms with van der Waals surface area (Å²) < 4.78 is 27.3. The number of amidine groups is 1. The Morgan fingerprint density at radius 3 is 2.69 bits per heavy atom. The number of amides is 1. The van der Waals surface area contributed by atoms with Gasteiger partial charge in [-0.2, -0.15) is 0 Å². The summed E-state index contributed by atoms with van der Waals surface area (Å²) in [6.07, 6.45) is 1.13. The molecule has 0 bridgehead atoms. The van der Waals surface area contributed by atoms with E-state index in [1.165, 1.54) is 11.8 Å². The molecule has 1 fully saturated rings. The molecule has 3 aliphatic heterocycles. The van der Waals surface area contributed by atoms with Gasteiger partial charge in [0.25, 0.3) is 15.9 Å². The summed E-state index contributed by atoms with van der Waals surface area (Å²) in [5.74, 6) is 0.0724. The smallest absolute Gasteiger partial charge is 0.257 e. The highest BCUT2D eigenvalue weighted by Gasteiger charge is 2.34. The molecule has 1 aromatic rings. The maximum absolute atomic E-state index is 12.8. The highest BCUT2D eigenvalue weighted by molar-refractivity contribution is 8.15. The predicted molar refractivity (Wildman–Crippen MR) is 104 cm³/mol. The number of piperazine rings is 1. The van der Waals surface area contributed by atoms with Crippen LogP contribution in [-0.4, -0.2) is 74.3 Å². The topological polar surface area (TPSA) is 73.3 Å². The van der Waals surface area contributed by atoms with Crippen LogP contribution in [0.4, 0.5) is 5.69 Å². The van der Waals surface area contributed by atoms with Crippen molar-refractivity contribution in [3.63, 3.8) is 0 Å². The molecule has 4 rings (SSSR count). The summed E-state index contributed by atoms with van der Waals surface area (Å²) in [5, 5.41) is 0.490. The molecule has 0 saturated carbocycles. The summed E-state index contributed by atoms with van der Waals surface area (Å²) in [6.45, 7) is 7.00. The molecule has 3 heterocycles. The third-order valence-corrected chi connectivity index (χ3v) is 7.23. The molecular formula is C17H22N4O3S2. The normalized spacial score (nSPS) is 22.0. The lowest BCUT2D eigenvalue weighted by atomic mass is 10.1. The highest BCUT2D eigenvalue weighted by atomic mass is 32.2. The lowest BCUT2D eigenvalue weighted by Gasteiger charge is -2.34. The van der Waals surface area contributed by atoms with Crippen LogP contribution in [0.1, 0.15) is 23.7 Å². The monoisotopic (exact) mass is 394 g/mol. The second kappa shape index (κ2) is 6.86. The molecule has 0 unspecified atom stereocenters. The molecule has 3 aliphatic rings. The Bertz CT molecular complexity index is 861. The van der Waals surface area contributed by atoms with E-state index < -0.39 is 10.0 Å². The average molecular weight is 395 g/mol. The number of thioether (sulfide) groups is 1. The van der Waals surface area contributed by atoms with Crippen LogP contribution >= 0.6 is 11.8 Å². The third kappa shape index (κ3) is 3.35. The average Bonchev–Trinajstić information content (AvgIpc) is 2.97. The minimum absolute atomic E-state index is 0.0270. The number of benzene rings is 1. The van der Waals surface area contributed by atoms with Crippen molar-refractivity contribution in [3.8, 4) is 0 Å². The van der Waals surface area contributed by atoms with E-state index in [-0.39, 0.29) is 11.7 Å². The fourth-order valence-corrected chi connectivity index (χ4v) is 5.83. The van der Waals surface area contributed by atoms with Crippen molar-refractivity contribution in [2.45, 2.75) is 18.2 Å². The Labute approximate surface area is 158 Å². The van der Waals surface area contributed by atoms with Gasteiger partial charge in [-0.15, -0.1) is 4.40 Å². The Hall–Kier alpha value is -1.58. The molecule has 0 aromatic heterocycles. The van der Waals surface area contributed by atoms with Gasteiger partial charge in [-0.1, -0.05) is 6.92 Å². The molecule has 0 aliphatic carbocycles. The van der Waals surface area contributed by atoms with Gasteiger partial charge in [0, 0.05) is 43.2 Å². The minimum atomic E-state index is -3.36. The van der Waals surface area contributed by atoms with Gasteiger partial charge in [0.1, 0.15) is 0 Å². The SMILES string of the molecule is CCCN1CCN(C(=O)c2ccc3c(c2)SC2=NS(=O)(=O)CCN23)CC1. The Balaban J connectivity index is 1.50. The predicted octanol–water partition coefficient (Wildman–Crippen LogP) is 1.47. The second-order valence-corrected chi connectivity index (χ2v) is 9.49. The number of hydrogen-bond acceptors (Lipinski definition) is 6. The first-order valence-corrected chi connectivity index (χ1v) is 11.3. The van der Waals surface area contributed by atoms with Gasteiger partial charge in [-0.05, 0) is 42.9 Å². The van der Waals surface area contributed by atoms with Crippen LogP contribution in [0.15, 0.2) is 27.5 Å². The molecule has 0 radical (unpaired) electrons. The van der Waals surface area contributed by atoms with Gasteiger partial charge in [-0.3, -0.25) is 9.69 Å². The van der Waals surface area contributed by atoms with Crippen LogP contribution in [0.3, 0.4) is 0 Å². The van der Waals surface area contributed by atoms with E-state index in [1.807, 2.05) is 28.0 Å². The van der Waals surface area contributed by atoms with Crippen molar-refractivity contribution >= 4 is 38.5 Å². The zero-order valence-electron chi connectivity index (χ0n) is 14.7. The second-order valence-electron chi connectivity index (χ2n) is 6.73. The largest absolute Gasteiger partial charge is 0.336 e. The Kier molecular flexibility index (Phi) is 4.70. The van der Waals surface area contributed by atoms with Crippen LogP contribution in [0, 0.1) is 0 Å². The van der Waals surface area contributed by atoms with E-state index in [0.29, 0.717) is 17.3 Å². The van der Waals surface area contributed by atoms with Gasteiger partial charge < -0.3 is 9.80 Å². The van der Waals surface area contributed by atoms with E-state index in [4.69, 9.17) is 0 Å². The molecule has 7 nitrogen and oxygen atoms in total. The molecule has 0 spiro atoms. The van der Waals surface area contributed by atoms with Crippen molar-refractivity contribution in [2.75, 3.05) is 49.9 Å². The van der Waals surface area contributed by atoms with E-state index in [9.17, 15) is 13.2 Å². The molecule has 9 heteroatoms. The number of anilines is 1. The van der Waals surface area contributed by atoms with E-state index in [0.717, 1.165) is 49.7 Å². The molecule has 1 amide bonds. The number of fused-ring (bicyclic) bond motifs is 3. The number of sulfonamides is 1. The van der Waals surface area contributed by atoms with Crippen molar-refractivity contribution < 1.29 is 13.2 Å². The van der Waals surface area contributed by atoms with Gasteiger partial charge in [-0.25, -0.2) is 8.42 Å². The van der Waals surface area contributed by atoms with Crippen LogP contribution < -0.4 is 4.90 Å². The molecule has 1 saturated heterocycles. The summed E-state index contributed by atoms with van der Waals surface area (Å²) in [5.41, 5.74) is 1.59. The van der Waals surface area contributed by atoms with Gasteiger partial charge in [0.15, 0.2) is 5.17 Å². The van der Waals surface area contributed by atoms with E-state index >= 15 is 0 Å². The van der Waals surface area contributed by atoms with Crippen LogP contribution in [0.25, 0.3) is 0 Å². The quantitative estimate of drug-likeness (QED) is 0.773. The number of carbonyl (C=O) groups is 1. The molecular weight excluding hydrogens is 372 g/mol. The number of hydrogen-bond donors (Lipinski definition) is 0. The van der Waals surface area contributed by atoms with Crippen molar-refractivity contribution in [2.24, 2.45) is 4.40 Å². The molecule has 140 valence electrons. The van der Waals surface area contributed by atoms with Gasteiger partial charge in [0.05, 0.1) is 11.4 Å². The summed E-state index contributed by atoms with van der Waals surface area (Å²) in [6, 6.07) is 5.61. The van der Waals surface area contributed by atoms with E-state index in [1.54, 1.807) is 0 Å². The highest BCUT2D eigenvalue weighted by Crippen LogP contribution is 2.42. The van der Waals surface area contributed by atoms with E-state index in [2.05, 4.69) is 16.2 Å². The van der Waals surface area contributed by atoms with Gasteiger partial charge >= 0.3 is 0 Å². The Morgan fingerprint density at radius 2 is 1.96 bits per heavy atom. The fraction of sp³-hybridized carbons (Fsp3) is 0.529. The zero-order valence-corrected chi connectivity index (χ0v) is 16.4. The molecule has 26 heavy (non-hydrogen) atoms.